The Morgan fingerprint density at radius 1 is 1.44 bits per heavy atom. The summed E-state index contributed by atoms with van der Waals surface area (Å²) in [5.41, 5.74) is 3.84. The van der Waals surface area contributed by atoms with Crippen LogP contribution < -0.4 is 10.1 Å². The van der Waals surface area contributed by atoms with Gasteiger partial charge in [0.2, 0.25) is 0 Å². The van der Waals surface area contributed by atoms with Gasteiger partial charge in [-0.15, -0.1) is 0 Å². The van der Waals surface area contributed by atoms with Gasteiger partial charge in [0.05, 0.1) is 7.11 Å². The summed E-state index contributed by atoms with van der Waals surface area (Å²) >= 11 is 3.67. The van der Waals surface area contributed by atoms with E-state index in [9.17, 15) is 0 Å². The van der Waals surface area contributed by atoms with Gasteiger partial charge >= 0.3 is 0 Å². The van der Waals surface area contributed by atoms with Crippen LogP contribution in [0.3, 0.4) is 0 Å². The lowest BCUT2D eigenvalue weighted by Crippen LogP contribution is -2.24. The number of benzene rings is 1. The molecule has 1 aliphatic carbocycles. The fourth-order valence-corrected chi connectivity index (χ4v) is 3.23. The maximum atomic E-state index is 5.66. The van der Waals surface area contributed by atoms with E-state index in [0.717, 1.165) is 18.2 Å². The predicted molar refractivity (Wildman–Crippen MR) is 79.3 cm³/mol. The Hall–Kier alpha value is -0.540. The fraction of sp³-hybridized carbons (Fsp3) is 0.600. The summed E-state index contributed by atoms with van der Waals surface area (Å²) in [6, 6.07) is 2.58. The molecular formula is C15H22BrNO. The lowest BCUT2D eigenvalue weighted by Gasteiger charge is -2.24. The molecule has 18 heavy (non-hydrogen) atoms. The molecule has 0 bridgehead atoms. The normalized spacial score (nSPS) is 16.7. The standard InChI is InChI=1S/C15H22BrNO/c1-5-17-14(11-6-7-11)13-10(3)12(16)8-9(2)15(13)18-4/h8,11,14,17H,5-7H2,1-4H3. The Morgan fingerprint density at radius 2 is 2.11 bits per heavy atom. The Labute approximate surface area is 118 Å². The zero-order valence-corrected chi connectivity index (χ0v) is 13.2. The second-order valence-electron chi connectivity index (χ2n) is 5.12. The minimum absolute atomic E-state index is 0.432. The van der Waals surface area contributed by atoms with Gasteiger partial charge in [0.1, 0.15) is 5.75 Å². The summed E-state index contributed by atoms with van der Waals surface area (Å²) in [6.07, 6.45) is 2.65. The summed E-state index contributed by atoms with van der Waals surface area (Å²) in [4.78, 5) is 0. The van der Waals surface area contributed by atoms with Gasteiger partial charge < -0.3 is 10.1 Å². The number of ether oxygens (including phenoxy) is 1. The zero-order valence-electron chi connectivity index (χ0n) is 11.6. The molecule has 1 saturated carbocycles. The first-order valence-corrected chi connectivity index (χ1v) is 7.46. The van der Waals surface area contributed by atoms with E-state index in [1.165, 1.54) is 34.0 Å². The Balaban J connectivity index is 2.51. The van der Waals surface area contributed by atoms with Gasteiger partial charge in [0.25, 0.3) is 0 Å². The zero-order chi connectivity index (χ0) is 13.3. The van der Waals surface area contributed by atoms with Crippen LogP contribution in [0.15, 0.2) is 10.5 Å². The first-order chi connectivity index (χ1) is 8.60. The number of hydrogen-bond donors (Lipinski definition) is 1. The van der Waals surface area contributed by atoms with Crippen molar-refractivity contribution in [1.82, 2.24) is 5.32 Å². The van der Waals surface area contributed by atoms with Gasteiger partial charge in [0.15, 0.2) is 0 Å². The molecular weight excluding hydrogens is 290 g/mol. The number of methoxy groups -OCH3 is 1. The molecule has 1 atom stereocenters. The second-order valence-corrected chi connectivity index (χ2v) is 5.97. The van der Waals surface area contributed by atoms with Crippen LogP contribution in [-0.2, 0) is 0 Å². The van der Waals surface area contributed by atoms with Gasteiger partial charge in [-0.2, -0.15) is 0 Å². The number of hydrogen-bond acceptors (Lipinski definition) is 2. The third kappa shape index (κ3) is 2.57. The van der Waals surface area contributed by atoms with Crippen molar-refractivity contribution in [2.45, 2.75) is 39.7 Å². The van der Waals surface area contributed by atoms with E-state index in [0.29, 0.717) is 6.04 Å². The van der Waals surface area contributed by atoms with Crippen LogP contribution in [0.4, 0.5) is 0 Å². The van der Waals surface area contributed by atoms with Gasteiger partial charge in [0, 0.05) is 16.1 Å². The topological polar surface area (TPSA) is 21.3 Å². The van der Waals surface area contributed by atoms with Crippen molar-refractivity contribution < 1.29 is 4.74 Å². The molecule has 3 heteroatoms. The average Bonchev–Trinajstić information content (AvgIpc) is 3.15. The smallest absolute Gasteiger partial charge is 0.126 e. The van der Waals surface area contributed by atoms with Crippen LogP contribution in [0.1, 0.15) is 42.5 Å². The summed E-state index contributed by atoms with van der Waals surface area (Å²) in [5, 5.41) is 3.63. The number of rotatable bonds is 5. The maximum Gasteiger partial charge on any atom is 0.126 e. The molecule has 1 aromatic rings. The average molecular weight is 312 g/mol. The Bertz CT molecular complexity index is 441. The molecule has 100 valence electrons. The maximum absolute atomic E-state index is 5.66. The lowest BCUT2D eigenvalue weighted by molar-refractivity contribution is 0.388. The number of aryl methyl sites for hydroxylation is 1. The number of nitrogens with one attached hydrogen (secondary N) is 1. The van der Waals surface area contributed by atoms with E-state index in [4.69, 9.17) is 4.74 Å². The van der Waals surface area contributed by atoms with Crippen molar-refractivity contribution in [2.24, 2.45) is 5.92 Å². The summed E-state index contributed by atoms with van der Waals surface area (Å²) in [7, 11) is 1.77. The third-order valence-corrected chi connectivity index (χ3v) is 4.56. The molecule has 0 spiro atoms. The van der Waals surface area contributed by atoms with Gasteiger partial charge in [-0.3, -0.25) is 0 Å². The van der Waals surface area contributed by atoms with Crippen molar-refractivity contribution in [2.75, 3.05) is 13.7 Å². The number of halogens is 1. The van der Waals surface area contributed by atoms with Crippen molar-refractivity contribution in [3.8, 4) is 5.75 Å². The molecule has 0 heterocycles. The molecule has 0 radical (unpaired) electrons. The highest BCUT2D eigenvalue weighted by molar-refractivity contribution is 9.10. The Kier molecular flexibility index (Phi) is 4.33. The largest absolute Gasteiger partial charge is 0.496 e. The SMILES string of the molecule is CCNC(c1c(C)c(Br)cc(C)c1OC)C1CC1. The van der Waals surface area contributed by atoms with Gasteiger partial charge in [-0.05, 0) is 56.3 Å². The van der Waals surface area contributed by atoms with E-state index in [1.54, 1.807) is 7.11 Å². The molecule has 0 aromatic heterocycles. The molecule has 2 rings (SSSR count). The fourth-order valence-electron chi connectivity index (χ4n) is 2.67. The van der Waals surface area contributed by atoms with Gasteiger partial charge in [-0.25, -0.2) is 0 Å². The Morgan fingerprint density at radius 3 is 2.61 bits per heavy atom. The molecule has 2 nitrogen and oxygen atoms in total. The van der Waals surface area contributed by atoms with Crippen LogP contribution in [0.2, 0.25) is 0 Å². The van der Waals surface area contributed by atoms with Crippen LogP contribution in [-0.4, -0.2) is 13.7 Å². The van der Waals surface area contributed by atoms with Crippen molar-refractivity contribution >= 4 is 15.9 Å². The molecule has 1 aliphatic rings. The quantitative estimate of drug-likeness (QED) is 0.882. The predicted octanol–water partition coefficient (Wildman–Crippen LogP) is 4.14. The molecule has 0 saturated heterocycles. The van der Waals surface area contributed by atoms with E-state index < -0.39 is 0 Å². The first kappa shape index (κ1) is 13.9. The van der Waals surface area contributed by atoms with Crippen molar-refractivity contribution in [3.63, 3.8) is 0 Å². The first-order valence-electron chi connectivity index (χ1n) is 6.67. The lowest BCUT2D eigenvalue weighted by atomic mass is 9.94. The van der Waals surface area contributed by atoms with Crippen LogP contribution >= 0.6 is 15.9 Å². The molecule has 1 aromatic carbocycles. The van der Waals surface area contributed by atoms with E-state index in [1.807, 2.05) is 0 Å². The van der Waals surface area contributed by atoms with E-state index in [2.05, 4.69) is 48.1 Å². The third-order valence-electron chi connectivity index (χ3n) is 3.74. The summed E-state index contributed by atoms with van der Waals surface area (Å²) in [5.74, 6) is 1.82. The molecule has 1 fully saturated rings. The highest BCUT2D eigenvalue weighted by Gasteiger charge is 2.35. The molecule has 1 unspecified atom stereocenters. The van der Waals surface area contributed by atoms with Gasteiger partial charge in [-0.1, -0.05) is 22.9 Å². The van der Waals surface area contributed by atoms with Crippen LogP contribution in [0.5, 0.6) is 5.75 Å². The summed E-state index contributed by atoms with van der Waals surface area (Å²) in [6.45, 7) is 7.45. The summed E-state index contributed by atoms with van der Waals surface area (Å²) < 4.78 is 6.84. The van der Waals surface area contributed by atoms with Crippen LogP contribution in [0, 0.1) is 19.8 Å². The molecule has 1 N–H and O–H groups in total. The van der Waals surface area contributed by atoms with E-state index in [-0.39, 0.29) is 0 Å². The minimum Gasteiger partial charge on any atom is -0.496 e. The van der Waals surface area contributed by atoms with Crippen molar-refractivity contribution in [3.05, 3.63) is 27.2 Å². The van der Waals surface area contributed by atoms with Crippen molar-refractivity contribution in [1.29, 1.82) is 0 Å². The minimum atomic E-state index is 0.432. The molecule has 0 aliphatic heterocycles. The van der Waals surface area contributed by atoms with E-state index >= 15 is 0 Å². The monoisotopic (exact) mass is 311 g/mol. The molecule has 0 amide bonds. The second kappa shape index (κ2) is 5.62. The highest BCUT2D eigenvalue weighted by Crippen LogP contribution is 2.46. The highest BCUT2D eigenvalue weighted by atomic mass is 79.9. The van der Waals surface area contributed by atoms with Crippen LogP contribution in [0.25, 0.3) is 0 Å².